The number of nitrogens with zero attached hydrogens (tertiary/aromatic N) is 2. The third kappa shape index (κ3) is 2.74. The number of amides is 1. The van der Waals surface area contributed by atoms with E-state index in [4.69, 9.17) is 4.74 Å². The molecule has 6 heteroatoms. The number of ether oxygens (including phenoxy) is 1. The molecular weight excluding hydrogens is 338 g/mol. The third-order valence-electron chi connectivity index (χ3n) is 6.59. The Balaban J connectivity index is 1.73. The summed E-state index contributed by atoms with van der Waals surface area (Å²) in [6.45, 7) is 6.03. The van der Waals surface area contributed by atoms with Gasteiger partial charge in [0.25, 0.3) is 5.91 Å². The van der Waals surface area contributed by atoms with E-state index in [-0.39, 0.29) is 23.9 Å². The Labute approximate surface area is 153 Å². The molecule has 4 nitrogen and oxygen atoms in total. The normalized spacial score (nSPS) is 33.4. The number of hydrogen-bond donors (Lipinski definition) is 0. The minimum Gasteiger partial charge on any atom is -0.369 e. The zero-order chi connectivity index (χ0) is 18.6. The molecule has 1 aromatic carbocycles. The molecule has 4 aliphatic rings. The number of halogens is 2. The van der Waals surface area contributed by atoms with Gasteiger partial charge in [0.15, 0.2) is 0 Å². The van der Waals surface area contributed by atoms with Crippen LogP contribution in [0.2, 0.25) is 0 Å². The first-order valence-corrected chi connectivity index (χ1v) is 9.38. The Morgan fingerprint density at radius 2 is 1.73 bits per heavy atom. The first-order valence-electron chi connectivity index (χ1n) is 9.38. The van der Waals surface area contributed by atoms with Gasteiger partial charge in [0.05, 0.1) is 6.04 Å². The molecule has 26 heavy (non-hydrogen) atoms. The maximum absolute atomic E-state index is 13.8. The van der Waals surface area contributed by atoms with E-state index in [2.05, 4.69) is 4.90 Å². The van der Waals surface area contributed by atoms with Crippen LogP contribution in [0, 0.1) is 17.6 Å². The van der Waals surface area contributed by atoms with Gasteiger partial charge in [-0.25, -0.2) is 8.78 Å². The quantitative estimate of drug-likeness (QED) is 0.827. The van der Waals surface area contributed by atoms with Gasteiger partial charge < -0.3 is 9.64 Å². The van der Waals surface area contributed by atoms with Crippen LogP contribution < -0.4 is 0 Å². The van der Waals surface area contributed by atoms with Crippen LogP contribution in [0.4, 0.5) is 8.78 Å². The first-order chi connectivity index (χ1) is 12.3. The summed E-state index contributed by atoms with van der Waals surface area (Å²) in [6, 6.07) is 3.96. The van der Waals surface area contributed by atoms with Crippen LogP contribution in [0.3, 0.4) is 0 Å². The lowest BCUT2D eigenvalue weighted by Crippen LogP contribution is -2.62. The van der Waals surface area contributed by atoms with Crippen molar-refractivity contribution in [2.75, 3.05) is 26.7 Å². The van der Waals surface area contributed by atoms with Gasteiger partial charge in [0, 0.05) is 31.7 Å². The second-order valence-corrected chi connectivity index (χ2v) is 8.34. The summed E-state index contributed by atoms with van der Waals surface area (Å²) >= 11 is 0. The first kappa shape index (κ1) is 17.9. The Bertz CT molecular complexity index is 696. The van der Waals surface area contributed by atoms with E-state index in [1.807, 2.05) is 4.90 Å². The summed E-state index contributed by atoms with van der Waals surface area (Å²) < 4.78 is 33.1. The van der Waals surface area contributed by atoms with Gasteiger partial charge in [-0.2, -0.15) is 0 Å². The maximum atomic E-state index is 13.8. The summed E-state index contributed by atoms with van der Waals surface area (Å²) in [5.74, 6) is -0.790. The lowest BCUT2D eigenvalue weighted by atomic mass is 9.75. The molecule has 0 N–H and O–H groups in total. The molecule has 5 rings (SSSR count). The van der Waals surface area contributed by atoms with E-state index >= 15 is 0 Å². The number of rotatable bonds is 3. The molecule has 4 saturated heterocycles. The molecule has 1 aromatic rings. The zero-order valence-corrected chi connectivity index (χ0v) is 15.5. The molecule has 142 valence electrons. The summed E-state index contributed by atoms with van der Waals surface area (Å²) in [6.07, 6.45) is 2.14. The monoisotopic (exact) mass is 364 g/mol. The van der Waals surface area contributed by atoms with Crippen molar-refractivity contribution in [3.05, 3.63) is 35.4 Å². The number of piperidine rings is 3. The molecule has 4 aliphatic heterocycles. The van der Waals surface area contributed by atoms with Crippen molar-refractivity contribution in [1.82, 2.24) is 9.80 Å². The van der Waals surface area contributed by atoms with Gasteiger partial charge >= 0.3 is 0 Å². The van der Waals surface area contributed by atoms with Gasteiger partial charge in [-0.3, -0.25) is 9.69 Å². The number of hydrogen-bond acceptors (Lipinski definition) is 3. The highest BCUT2D eigenvalue weighted by Gasteiger charge is 2.56. The number of methoxy groups -OCH3 is 1. The lowest BCUT2D eigenvalue weighted by Gasteiger charge is -2.51. The van der Waals surface area contributed by atoms with Crippen LogP contribution in [0.15, 0.2) is 18.2 Å². The summed E-state index contributed by atoms with van der Waals surface area (Å²) in [4.78, 5) is 17.5. The second kappa shape index (κ2) is 6.27. The second-order valence-electron chi connectivity index (χ2n) is 8.34. The van der Waals surface area contributed by atoms with E-state index in [0.29, 0.717) is 18.0 Å². The summed E-state index contributed by atoms with van der Waals surface area (Å²) in [5.41, 5.74) is -0.255. The predicted octanol–water partition coefficient (Wildman–Crippen LogP) is 2.78. The van der Waals surface area contributed by atoms with Gasteiger partial charge in [-0.15, -0.1) is 0 Å². The fourth-order valence-corrected chi connectivity index (χ4v) is 5.17. The molecule has 0 saturated carbocycles. The molecule has 2 bridgehead atoms. The van der Waals surface area contributed by atoms with Gasteiger partial charge in [-0.1, -0.05) is 0 Å². The Morgan fingerprint density at radius 3 is 2.31 bits per heavy atom. The summed E-state index contributed by atoms with van der Waals surface area (Å²) in [5, 5.41) is 0. The number of carbonyl (C=O) groups excluding carboxylic acids is 1. The third-order valence-corrected chi connectivity index (χ3v) is 6.59. The van der Waals surface area contributed by atoms with E-state index in [0.717, 1.165) is 32.0 Å². The van der Waals surface area contributed by atoms with Crippen LogP contribution >= 0.6 is 0 Å². The number of fused-ring (bicyclic) bond motifs is 2. The molecule has 0 radical (unpaired) electrons. The average molecular weight is 364 g/mol. The molecule has 4 heterocycles. The Morgan fingerprint density at radius 1 is 1.12 bits per heavy atom. The van der Waals surface area contributed by atoms with Gasteiger partial charge in [0.2, 0.25) is 0 Å². The average Bonchev–Trinajstić information content (AvgIpc) is 3.04. The maximum Gasteiger partial charge on any atom is 0.254 e. The molecule has 0 aliphatic carbocycles. The van der Waals surface area contributed by atoms with Crippen LogP contribution in [-0.4, -0.2) is 60.1 Å². The molecule has 1 amide bonds. The van der Waals surface area contributed by atoms with E-state index in [1.165, 1.54) is 12.1 Å². The topological polar surface area (TPSA) is 32.8 Å². The van der Waals surface area contributed by atoms with Crippen molar-refractivity contribution in [1.29, 1.82) is 0 Å². The fraction of sp³-hybridized carbons (Fsp3) is 0.650. The number of benzene rings is 1. The molecule has 3 atom stereocenters. The van der Waals surface area contributed by atoms with Crippen molar-refractivity contribution in [3.63, 3.8) is 0 Å². The van der Waals surface area contributed by atoms with Crippen LogP contribution in [-0.2, 0) is 9.53 Å². The van der Waals surface area contributed by atoms with Crippen molar-refractivity contribution in [2.45, 2.75) is 50.3 Å². The highest BCUT2D eigenvalue weighted by atomic mass is 19.1. The smallest absolute Gasteiger partial charge is 0.254 e. The fourth-order valence-electron chi connectivity index (χ4n) is 5.17. The van der Waals surface area contributed by atoms with E-state index < -0.39 is 17.2 Å². The standard InChI is InChI=1S/C20H26F2N2O2/c1-20(2,26-3)19(25)24-11-16(13-8-14(21)10-15(22)9-13)18-17(24)12-4-6-23(18)7-5-12/h8-10,12,16-18H,4-7,11H2,1-3H3/t16-,17+,18+/m1/s1. The minimum atomic E-state index is -0.904. The SMILES string of the molecule is COC(C)(C)C(=O)N1C[C@H](c2cc(F)cc(F)c2)[C@H]2[C@@H]1C1CCN2CC1. The van der Waals surface area contributed by atoms with E-state index in [1.54, 1.807) is 21.0 Å². The zero-order valence-electron chi connectivity index (χ0n) is 15.5. The van der Waals surface area contributed by atoms with Gasteiger partial charge in [-0.05, 0) is 63.4 Å². The minimum absolute atomic E-state index is 0.0388. The largest absolute Gasteiger partial charge is 0.369 e. The summed E-state index contributed by atoms with van der Waals surface area (Å²) in [7, 11) is 1.54. The molecule has 0 aromatic heterocycles. The lowest BCUT2D eigenvalue weighted by molar-refractivity contribution is -0.155. The van der Waals surface area contributed by atoms with Crippen molar-refractivity contribution >= 4 is 5.91 Å². The Kier molecular flexibility index (Phi) is 4.31. The predicted molar refractivity (Wildman–Crippen MR) is 93.8 cm³/mol. The van der Waals surface area contributed by atoms with Crippen LogP contribution in [0.1, 0.15) is 38.2 Å². The Hall–Kier alpha value is -1.53. The number of likely N-dealkylation sites (tertiary alicyclic amines) is 1. The van der Waals surface area contributed by atoms with Crippen molar-refractivity contribution < 1.29 is 18.3 Å². The molecule has 4 fully saturated rings. The van der Waals surface area contributed by atoms with Crippen molar-refractivity contribution in [2.24, 2.45) is 5.92 Å². The highest BCUT2D eigenvalue weighted by molar-refractivity contribution is 5.85. The van der Waals surface area contributed by atoms with Gasteiger partial charge in [0.1, 0.15) is 17.2 Å². The van der Waals surface area contributed by atoms with E-state index in [9.17, 15) is 13.6 Å². The van der Waals surface area contributed by atoms with Crippen LogP contribution in [0.5, 0.6) is 0 Å². The number of carbonyl (C=O) groups is 1. The van der Waals surface area contributed by atoms with Crippen molar-refractivity contribution in [3.8, 4) is 0 Å². The molecule has 0 unspecified atom stereocenters. The molecule has 0 spiro atoms. The highest BCUT2D eigenvalue weighted by Crippen LogP contribution is 2.47. The molecular formula is C20H26F2N2O2. The van der Waals surface area contributed by atoms with Crippen LogP contribution in [0.25, 0.3) is 0 Å².